The molecule has 50 heavy (non-hydrogen) atoms. The van der Waals surface area contributed by atoms with Gasteiger partial charge >= 0.3 is 12.1 Å². The molecule has 2 aromatic carbocycles. The predicted molar refractivity (Wildman–Crippen MR) is 176 cm³/mol. The Morgan fingerprint density at radius 3 is 2.24 bits per heavy atom. The first kappa shape index (κ1) is 35.5. The van der Waals surface area contributed by atoms with Crippen LogP contribution in [0.15, 0.2) is 70.9 Å². The van der Waals surface area contributed by atoms with Gasteiger partial charge in [-0.3, -0.25) is 0 Å². The molecule has 2 aromatic rings. The molecular formula is C39H46F5NO5. The van der Waals surface area contributed by atoms with Gasteiger partial charge in [-0.05, 0) is 72.6 Å². The van der Waals surface area contributed by atoms with E-state index in [1.165, 1.54) is 6.92 Å². The van der Waals surface area contributed by atoms with Crippen LogP contribution in [0.5, 0.6) is 0 Å². The van der Waals surface area contributed by atoms with Crippen molar-refractivity contribution >= 4 is 6.21 Å². The van der Waals surface area contributed by atoms with Crippen molar-refractivity contribution in [1.29, 1.82) is 0 Å². The molecule has 0 amide bonds. The normalized spacial score (nSPS) is 35.1. The number of ether oxygens (including phenoxy) is 2. The molecule has 7 rings (SSSR count). The fraction of sp³-hybridized carbons (Fsp3) is 0.615. The van der Waals surface area contributed by atoms with E-state index >= 15 is 8.78 Å². The lowest BCUT2D eigenvalue weighted by Gasteiger charge is -2.59. The van der Waals surface area contributed by atoms with Crippen LogP contribution in [-0.4, -0.2) is 58.7 Å². The first-order chi connectivity index (χ1) is 23.4. The van der Waals surface area contributed by atoms with E-state index in [-0.39, 0.29) is 30.6 Å². The SMILES string of the molecule is CC1(C)COC2(CCC3=C4C(CCC3(O)C2)C2CCC(O)(C(F)(F)C(F)(F)F)[C@@]2(C)C[C@@H]4c2ccc(/C=N\OCc3ccccc3)cc2)OC1. The quantitative estimate of drug-likeness (QED) is 0.137. The maximum atomic E-state index is 15.4. The maximum Gasteiger partial charge on any atom is 0.456 e. The van der Waals surface area contributed by atoms with Crippen LogP contribution in [0.4, 0.5) is 22.0 Å². The molecule has 0 aromatic heterocycles. The first-order valence-electron chi connectivity index (χ1n) is 17.6. The number of rotatable bonds is 6. The van der Waals surface area contributed by atoms with Gasteiger partial charge in [-0.2, -0.15) is 22.0 Å². The molecule has 3 saturated carbocycles. The molecule has 1 saturated heterocycles. The standard InChI is InChI=1S/C39H46F5NO5/c1-33(2)23-48-36(49-24-33)17-14-31-32-28(13-16-35(31,46)22-36)30-15-18-37(47,38(40,41)39(42,43)44)34(30,3)19-29(32)27-11-9-25(10-12-27)20-45-50-21-26-7-5-4-6-8-26/h4-12,20,28-30,46-47H,13-19,21-24H2,1-3H3/b45-20-/t28?,29-,30?,34+,35?,37?/m1/s1. The maximum absolute atomic E-state index is 15.4. The predicted octanol–water partition coefficient (Wildman–Crippen LogP) is 8.46. The number of benzene rings is 2. The molecule has 0 radical (unpaired) electrons. The zero-order valence-corrected chi connectivity index (χ0v) is 28.7. The van der Waals surface area contributed by atoms with Crippen molar-refractivity contribution < 1.29 is 46.5 Å². The third-order valence-electron chi connectivity index (χ3n) is 12.6. The number of allylic oxidation sites excluding steroid dienone is 1. The van der Waals surface area contributed by atoms with Crippen LogP contribution in [0, 0.1) is 22.7 Å². The van der Waals surface area contributed by atoms with Gasteiger partial charge in [-0.1, -0.05) is 86.1 Å². The number of hydrogen-bond donors (Lipinski definition) is 2. The van der Waals surface area contributed by atoms with E-state index < -0.39 is 52.8 Å². The van der Waals surface area contributed by atoms with Gasteiger partial charge in [-0.15, -0.1) is 0 Å². The van der Waals surface area contributed by atoms with Crippen molar-refractivity contribution in [3.05, 3.63) is 82.4 Å². The van der Waals surface area contributed by atoms with Gasteiger partial charge in [-0.25, -0.2) is 0 Å². The lowest BCUT2D eigenvalue weighted by Crippen LogP contribution is -2.65. The molecule has 5 aliphatic rings. The monoisotopic (exact) mass is 703 g/mol. The van der Waals surface area contributed by atoms with Gasteiger partial charge in [0.25, 0.3) is 0 Å². The van der Waals surface area contributed by atoms with Crippen LogP contribution in [0.25, 0.3) is 0 Å². The van der Waals surface area contributed by atoms with Gasteiger partial charge in [0.05, 0.1) is 25.0 Å². The van der Waals surface area contributed by atoms with E-state index in [1.54, 1.807) is 18.3 Å². The van der Waals surface area contributed by atoms with Crippen LogP contribution in [0.2, 0.25) is 0 Å². The lowest BCUT2D eigenvalue weighted by atomic mass is 9.49. The van der Waals surface area contributed by atoms with Crippen LogP contribution in [0.1, 0.15) is 94.7 Å². The third-order valence-corrected chi connectivity index (χ3v) is 12.6. The fourth-order valence-corrected chi connectivity index (χ4v) is 9.91. The van der Waals surface area contributed by atoms with Gasteiger partial charge in [0.1, 0.15) is 12.2 Å². The molecule has 1 heterocycles. The number of hydrogen-bond acceptors (Lipinski definition) is 6. The summed E-state index contributed by atoms with van der Waals surface area (Å²) < 4.78 is 85.3. The van der Waals surface area contributed by atoms with Crippen molar-refractivity contribution in [2.24, 2.45) is 27.8 Å². The molecule has 0 bridgehead atoms. The summed E-state index contributed by atoms with van der Waals surface area (Å²) in [7, 11) is 0. The second kappa shape index (κ2) is 12.1. The van der Waals surface area contributed by atoms with Crippen molar-refractivity contribution in [3.63, 3.8) is 0 Å². The largest absolute Gasteiger partial charge is 0.456 e. The van der Waals surface area contributed by atoms with E-state index in [0.29, 0.717) is 51.1 Å². The van der Waals surface area contributed by atoms with E-state index in [9.17, 15) is 23.4 Å². The second-order valence-electron chi connectivity index (χ2n) is 16.4. The Bertz CT molecular complexity index is 1630. The minimum atomic E-state index is -5.91. The third kappa shape index (κ3) is 5.71. The minimum Gasteiger partial charge on any atom is -0.391 e. The lowest BCUT2D eigenvalue weighted by molar-refractivity contribution is -0.362. The molecule has 11 heteroatoms. The highest BCUT2D eigenvalue weighted by atomic mass is 19.4. The number of halogens is 5. The molecule has 1 aliphatic heterocycles. The summed E-state index contributed by atoms with van der Waals surface area (Å²) in [5, 5.41) is 28.0. The highest BCUT2D eigenvalue weighted by molar-refractivity contribution is 5.79. The summed E-state index contributed by atoms with van der Waals surface area (Å²) in [6, 6.07) is 16.9. The van der Waals surface area contributed by atoms with Crippen LogP contribution in [-0.2, 0) is 20.9 Å². The summed E-state index contributed by atoms with van der Waals surface area (Å²) in [5.74, 6) is -7.82. The van der Waals surface area contributed by atoms with Crippen molar-refractivity contribution in [2.45, 2.75) is 114 Å². The number of fused-ring (bicyclic) bond motifs is 4. The van der Waals surface area contributed by atoms with E-state index in [2.05, 4.69) is 19.0 Å². The van der Waals surface area contributed by atoms with Gasteiger partial charge in [0.2, 0.25) is 0 Å². The number of alkyl halides is 5. The molecule has 6 atom stereocenters. The summed E-state index contributed by atoms with van der Waals surface area (Å²) in [6.45, 7) is 6.80. The number of nitrogens with zero attached hydrogens (tertiary/aromatic N) is 1. The summed E-state index contributed by atoms with van der Waals surface area (Å²) in [4.78, 5) is 5.44. The van der Waals surface area contributed by atoms with Crippen LogP contribution in [0.3, 0.4) is 0 Å². The molecule has 1 spiro atoms. The Morgan fingerprint density at radius 2 is 1.58 bits per heavy atom. The molecule has 4 unspecified atom stereocenters. The Morgan fingerprint density at radius 1 is 0.900 bits per heavy atom. The molecule has 4 aliphatic carbocycles. The molecular weight excluding hydrogens is 657 g/mol. The number of oxime groups is 1. The average molecular weight is 704 g/mol. The van der Waals surface area contributed by atoms with Gasteiger partial charge < -0.3 is 24.5 Å². The Hall–Kier alpha value is -2.86. The van der Waals surface area contributed by atoms with Gasteiger partial charge in [0, 0.05) is 29.6 Å². The summed E-state index contributed by atoms with van der Waals surface area (Å²) in [5.41, 5.74) is -2.32. The first-order valence-corrected chi connectivity index (χ1v) is 17.6. The van der Waals surface area contributed by atoms with Crippen molar-refractivity contribution in [2.75, 3.05) is 13.2 Å². The average Bonchev–Trinajstić information content (AvgIpc) is 3.35. The van der Waals surface area contributed by atoms with Crippen molar-refractivity contribution in [1.82, 2.24) is 0 Å². The topological polar surface area (TPSA) is 80.5 Å². The Balaban J connectivity index is 1.24. The van der Waals surface area contributed by atoms with E-state index in [1.807, 2.05) is 42.5 Å². The molecule has 6 nitrogen and oxygen atoms in total. The molecule has 4 fully saturated rings. The fourth-order valence-electron chi connectivity index (χ4n) is 9.91. The Kier molecular flexibility index (Phi) is 8.60. The van der Waals surface area contributed by atoms with Gasteiger partial charge in [0.15, 0.2) is 5.79 Å². The van der Waals surface area contributed by atoms with Crippen LogP contribution >= 0.6 is 0 Å². The summed E-state index contributed by atoms with van der Waals surface area (Å²) >= 11 is 0. The molecule has 2 N–H and O–H groups in total. The second-order valence-corrected chi connectivity index (χ2v) is 16.4. The molecule has 272 valence electrons. The number of aliphatic hydroxyl groups is 2. The highest BCUT2D eigenvalue weighted by Gasteiger charge is 2.79. The smallest absolute Gasteiger partial charge is 0.391 e. The Labute approximate surface area is 289 Å². The zero-order chi connectivity index (χ0) is 35.8. The highest BCUT2D eigenvalue weighted by Crippen LogP contribution is 2.71. The van der Waals surface area contributed by atoms with E-state index in [4.69, 9.17) is 14.3 Å². The minimum absolute atomic E-state index is 0.0366. The van der Waals surface area contributed by atoms with E-state index in [0.717, 1.165) is 22.3 Å². The van der Waals surface area contributed by atoms with Crippen molar-refractivity contribution in [3.8, 4) is 0 Å². The summed E-state index contributed by atoms with van der Waals surface area (Å²) in [6.07, 6.45) is -3.21. The zero-order valence-electron chi connectivity index (χ0n) is 28.7. The van der Waals surface area contributed by atoms with Crippen LogP contribution < -0.4 is 0 Å².